The maximum atomic E-state index is 13.9. The van der Waals surface area contributed by atoms with Crippen LogP contribution in [0.3, 0.4) is 0 Å². The third kappa shape index (κ3) is 2.16. The van der Waals surface area contributed by atoms with E-state index in [0.29, 0.717) is 0 Å². The van der Waals surface area contributed by atoms with Crippen LogP contribution < -0.4 is 4.90 Å². The Morgan fingerprint density at radius 1 is 0.938 bits per heavy atom. The smallest absolute Gasteiger partial charge is 0.337 e. The predicted octanol–water partition coefficient (Wildman–Crippen LogP) is 4.61. The Kier molecular flexibility index (Phi) is 3.79. The van der Waals surface area contributed by atoms with Crippen LogP contribution in [0.2, 0.25) is 5.02 Å². The molecule has 0 radical (unpaired) electrons. The molecule has 1 heterocycles. The van der Waals surface area contributed by atoms with E-state index < -0.39 is 23.2 Å². The van der Waals surface area contributed by atoms with Crippen LogP contribution in [-0.4, -0.2) is 22.9 Å². The number of carbonyl (C=O) groups excluding carboxylic acids is 2. The summed E-state index contributed by atoms with van der Waals surface area (Å²) in [6, 6.07) is 20.4. The summed E-state index contributed by atoms with van der Waals surface area (Å²) in [7, 11) is 0. The fourth-order valence-electron chi connectivity index (χ4n) is 6.22. The summed E-state index contributed by atoms with van der Waals surface area (Å²) in [4.78, 5) is 40.4. The van der Waals surface area contributed by atoms with Crippen molar-refractivity contribution in [2.45, 2.75) is 18.3 Å². The zero-order chi connectivity index (χ0) is 22.4. The van der Waals surface area contributed by atoms with Crippen LogP contribution in [0.5, 0.6) is 0 Å². The Bertz CT molecular complexity index is 1320. The van der Waals surface area contributed by atoms with E-state index in [1.165, 1.54) is 23.1 Å². The molecule has 3 aromatic rings. The van der Waals surface area contributed by atoms with Gasteiger partial charge in [0.05, 0.1) is 28.1 Å². The molecule has 4 aliphatic rings. The number of benzene rings is 3. The molecule has 2 amide bonds. The normalized spacial score (nSPS) is 27.2. The van der Waals surface area contributed by atoms with E-state index >= 15 is 0 Å². The van der Waals surface area contributed by atoms with Crippen LogP contribution in [0.25, 0.3) is 0 Å². The van der Waals surface area contributed by atoms with E-state index in [1.807, 2.05) is 24.3 Å². The van der Waals surface area contributed by atoms with Gasteiger partial charge in [-0.25, -0.2) is 9.69 Å². The molecule has 2 atom stereocenters. The minimum absolute atomic E-state index is 0.0598. The maximum Gasteiger partial charge on any atom is 0.337 e. The molecule has 1 fully saturated rings. The van der Waals surface area contributed by atoms with Gasteiger partial charge in [-0.1, -0.05) is 67.1 Å². The van der Waals surface area contributed by atoms with Gasteiger partial charge in [0, 0.05) is 11.3 Å². The molecular weight excluding hydrogens is 426 g/mol. The van der Waals surface area contributed by atoms with Crippen molar-refractivity contribution in [2.75, 3.05) is 4.90 Å². The third-order valence-corrected chi connectivity index (χ3v) is 7.81. The summed E-state index contributed by atoms with van der Waals surface area (Å²) in [5.74, 6) is -3.12. The number of carboxylic acids is 1. The highest BCUT2D eigenvalue weighted by molar-refractivity contribution is 6.34. The van der Waals surface area contributed by atoms with E-state index in [1.54, 1.807) is 0 Å². The molecule has 0 saturated carbocycles. The predicted molar refractivity (Wildman–Crippen MR) is 119 cm³/mol. The van der Waals surface area contributed by atoms with Crippen molar-refractivity contribution >= 4 is 35.1 Å². The first kappa shape index (κ1) is 19.3. The Balaban J connectivity index is 1.58. The zero-order valence-electron chi connectivity index (χ0n) is 17.1. The minimum Gasteiger partial charge on any atom is -0.478 e. The van der Waals surface area contributed by atoms with Gasteiger partial charge in [0.1, 0.15) is 0 Å². The fraction of sp³-hybridized carbons (Fsp3) is 0.192. The molecule has 1 saturated heterocycles. The number of halogens is 1. The molecule has 1 aliphatic heterocycles. The summed E-state index contributed by atoms with van der Waals surface area (Å²) in [6.45, 7) is 2.05. The van der Waals surface area contributed by atoms with Crippen LogP contribution in [0.4, 0.5) is 5.69 Å². The first-order valence-corrected chi connectivity index (χ1v) is 10.8. The quantitative estimate of drug-likeness (QED) is 0.587. The average Bonchev–Trinajstić information content (AvgIpc) is 3.06. The number of rotatable bonds is 2. The highest BCUT2D eigenvalue weighted by Gasteiger charge is 2.66. The van der Waals surface area contributed by atoms with E-state index in [9.17, 15) is 19.5 Å². The van der Waals surface area contributed by atoms with Crippen molar-refractivity contribution in [1.29, 1.82) is 0 Å². The molecular formula is C26H18ClNO4. The number of amides is 2. The standard InChI is InChI=1S/C26H18ClNO4/c1-26-17-8-4-2-6-14(17)20(15-7-3-5-9-18(15)26)21-22(26)24(30)28(23(21)29)13-10-11-19(27)16(12-13)25(31)32/h2-12,20-22H,1H3,(H,31,32)/t20?,21-,22-,26?/m0/s1. The van der Waals surface area contributed by atoms with Gasteiger partial charge in [-0.3, -0.25) is 9.59 Å². The second-order valence-electron chi connectivity index (χ2n) is 8.84. The maximum absolute atomic E-state index is 13.9. The first-order chi connectivity index (χ1) is 15.4. The Morgan fingerprint density at radius 3 is 2.12 bits per heavy atom. The number of carboxylic acid groups (broad SMARTS) is 1. The molecule has 1 N–H and O–H groups in total. The number of anilines is 1. The lowest BCUT2D eigenvalue weighted by atomic mass is 9.48. The van der Waals surface area contributed by atoms with Gasteiger partial charge < -0.3 is 5.11 Å². The lowest BCUT2D eigenvalue weighted by Crippen LogP contribution is -2.51. The SMILES string of the molecule is CC12c3ccccc3C(c3ccccc31)[C@@H]1C(=O)N(c3ccc(Cl)c(C(=O)O)c3)C(=O)[C@H]12. The van der Waals surface area contributed by atoms with E-state index in [0.717, 1.165) is 22.3 Å². The van der Waals surface area contributed by atoms with Gasteiger partial charge in [-0.15, -0.1) is 0 Å². The number of aromatic carboxylic acids is 1. The lowest BCUT2D eigenvalue weighted by Gasteiger charge is -2.52. The van der Waals surface area contributed by atoms with Crippen LogP contribution in [0, 0.1) is 11.8 Å². The number of imide groups is 1. The van der Waals surface area contributed by atoms with Gasteiger partial charge >= 0.3 is 5.97 Å². The van der Waals surface area contributed by atoms with Crippen molar-refractivity contribution < 1.29 is 19.5 Å². The number of nitrogens with zero attached hydrogens (tertiary/aromatic N) is 1. The summed E-state index contributed by atoms with van der Waals surface area (Å²) in [6.07, 6.45) is 0. The largest absolute Gasteiger partial charge is 0.478 e. The van der Waals surface area contributed by atoms with Gasteiger partial charge in [-0.05, 0) is 40.5 Å². The number of hydrogen-bond donors (Lipinski definition) is 1. The van der Waals surface area contributed by atoms with Crippen molar-refractivity contribution in [3.05, 3.63) is 99.6 Å². The Labute approximate surface area is 189 Å². The molecule has 0 aromatic heterocycles. The topological polar surface area (TPSA) is 74.7 Å². The van der Waals surface area contributed by atoms with Gasteiger partial charge in [0.25, 0.3) is 0 Å². The highest BCUT2D eigenvalue weighted by Crippen LogP contribution is 2.64. The van der Waals surface area contributed by atoms with E-state index in [-0.39, 0.29) is 34.0 Å². The number of carbonyl (C=O) groups is 3. The summed E-state index contributed by atoms with van der Waals surface area (Å²) in [5.41, 5.74) is 3.77. The zero-order valence-corrected chi connectivity index (χ0v) is 17.8. The molecule has 0 unspecified atom stereocenters. The van der Waals surface area contributed by atoms with Crippen molar-refractivity contribution in [3.8, 4) is 0 Å². The summed E-state index contributed by atoms with van der Waals surface area (Å²) >= 11 is 6.02. The highest BCUT2D eigenvalue weighted by atomic mass is 35.5. The van der Waals surface area contributed by atoms with Crippen LogP contribution in [-0.2, 0) is 15.0 Å². The fourth-order valence-corrected chi connectivity index (χ4v) is 6.42. The lowest BCUT2D eigenvalue weighted by molar-refractivity contribution is -0.123. The molecule has 6 heteroatoms. The van der Waals surface area contributed by atoms with Gasteiger partial charge in [0.2, 0.25) is 11.8 Å². The molecule has 7 rings (SSSR count). The molecule has 3 aromatic carbocycles. The molecule has 32 heavy (non-hydrogen) atoms. The van der Waals surface area contributed by atoms with Crippen molar-refractivity contribution in [2.24, 2.45) is 11.8 Å². The average molecular weight is 444 g/mol. The summed E-state index contributed by atoms with van der Waals surface area (Å²) in [5, 5.41) is 9.53. The van der Waals surface area contributed by atoms with Crippen LogP contribution in [0.15, 0.2) is 66.7 Å². The molecule has 0 spiro atoms. The molecule has 5 nitrogen and oxygen atoms in total. The minimum atomic E-state index is -1.21. The number of hydrogen-bond acceptors (Lipinski definition) is 3. The monoisotopic (exact) mass is 443 g/mol. The van der Waals surface area contributed by atoms with Crippen molar-refractivity contribution in [1.82, 2.24) is 0 Å². The van der Waals surface area contributed by atoms with E-state index in [4.69, 9.17) is 11.6 Å². The second kappa shape index (κ2) is 6.30. The molecule has 2 bridgehead atoms. The summed E-state index contributed by atoms with van der Waals surface area (Å²) < 4.78 is 0. The first-order valence-electron chi connectivity index (χ1n) is 10.4. The van der Waals surface area contributed by atoms with E-state index in [2.05, 4.69) is 31.2 Å². The van der Waals surface area contributed by atoms with Crippen LogP contribution >= 0.6 is 11.6 Å². The van der Waals surface area contributed by atoms with Gasteiger partial charge in [-0.2, -0.15) is 0 Å². The Morgan fingerprint density at radius 2 is 1.53 bits per heavy atom. The second-order valence-corrected chi connectivity index (χ2v) is 9.25. The molecule has 3 aliphatic carbocycles. The third-order valence-electron chi connectivity index (χ3n) is 7.48. The van der Waals surface area contributed by atoms with Gasteiger partial charge in [0.15, 0.2) is 0 Å². The Hall–Kier alpha value is -3.44. The molecule has 158 valence electrons. The van der Waals surface area contributed by atoms with Crippen LogP contribution in [0.1, 0.15) is 45.5 Å². The van der Waals surface area contributed by atoms with Crippen molar-refractivity contribution in [3.63, 3.8) is 0 Å².